The van der Waals surface area contributed by atoms with Gasteiger partial charge in [0.15, 0.2) is 4.80 Å². The molecule has 9 heteroatoms. The standard InChI is InChI=1S/C29H24N2O6S/c1-4-36-28(35)24-17(3)30-29-31(25(24)18-11-9-16(2)10-12-18)26(32)23(38-29)15-19-13-14-22(37-19)20-7-5-6-8-21(20)27(33)34/h5-15,25H,4H2,1-3H3,(H,33,34)/b23-15-/t25-/m0/s1. The fourth-order valence-corrected chi connectivity index (χ4v) is 5.47. The summed E-state index contributed by atoms with van der Waals surface area (Å²) in [6.45, 7) is 5.64. The molecule has 0 unspecified atom stereocenters. The Morgan fingerprint density at radius 3 is 2.55 bits per heavy atom. The van der Waals surface area contributed by atoms with Crippen LogP contribution in [0.4, 0.5) is 0 Å². The van der Waals surface area contributed by atoms with Crippen molar-refractivity contribution in [1.82, 2.24) is 4.57 Å². The highest BCUT2D eigenvalue weighted by Gasteiger charge is 2.33. The van der Waals surface area contributed by atoms with Crippen LogP contribution in [0.2, 0.25) is 0 Å². The number of carboxylic acids is 1. The van der Waals surface area contributed by atoms with Gasteiger partial charge in [-0.3, -0.25) is 9.36 Å². The summed E-state index contributed by atoms with van der Waals surface area (Å²) in [5, 5.41) is 9.51. The van der Waals surface area contributed by atoms with Gasteiger partial charge in [-0.05, 0) is 44.5 Å². The maximum absolute atomic E-state index is 13.7. The number of fused-ring (bicyclic) bond motifs is 1. The zero-order valence-electron chi connectivity index (χ0n) is 20.9. The average molecular weight is 529 g/mol. The quantitative estimate of drug-likeness (QED) is 0.378. The van der Waals surface area contributed by atoms with E-state index in [0.29, 0.717) is 37.7 Å². The van der Waals surface area contributed by atoms with Crippen molar-refractivity contribution in [2.45, 2.75) is 26.8 Å². The number of benzene rings is 2. The van der Waals surface area contributed by atoms with E-state index in [-0.39, 0.29) is 17.7 Å². The first-order chi connectivity index (χ1) is 18.3. The highest BCUT2D eigenvalue weighted by Crippen LogP contribution is 2.31. The van der Waals surface area contributed by atoms with E-state index in [1.54, 1.807) is 50.3 Å². The molecule has 0 saturated carbocycles. The van der Waals surface area contributed by atoms with Gasteiger partial charge in [-0.1, -0.05) is 59.4 Å². The van der Waals surface area contributed by atoms with E-state index in [4.69, 9.17) is 9.15 Å². The first-order valence-electron chi connectivity index (χ1n) is 12.0. The van der Waals surface area contributed by atoms with E-state index in [9.17, 15) is 19.5 Å². The number of allylic oxidation sites excluding steroid dienone is 1. The lowest BCUT2D eigenvalue weighted by Gasteiger charge is -2.24. The fraction of sp³-hybridized carbons (Fsp3) is 0.172. The van der Waals surface area contributed by atoms with Gasteiger partial charge in [-0.15, -0.1) is 0 Å². The van der Waals surface area contributed by atoms with Gasteiger partial charge in [-0.2, -0.15) is 0 Å². The molecule has 0 saturated heterocycles. The Morgan fingerprint density at radius 1 is 1.11 bits per heavy atom. The van der Waals surface area contributed by atoms with E-state index < -0.39 is 18.0 Å². The largest absolute Gasteiger partial charge is 0.478 e. The van der Waals surface area contributed by atoms with Crippen LogP contribution in [0.15, 0.2) is 86.1 Å². The van der Waals surface area contributed by atoms with Crippen molar-refractivity contribution in [2.24, 2.45) is 4.99 Å². The van der Waals surface area contributed by atoms with Gasteiger partial charge in [-0.25, -0.2) is 14.6 Å². The summed E-state index contributed by atoms with van der Waals surface area (Å²) in [6.07, 6.45) is 1.60. The van der Waals surface area contributed by atoms with Crippen molar-refractivity contribution in [3.63, 3.8) is 0 Å². The van der Waals surface area contributed by atoms with Crippen LogP contribution in [0.1, 0.15) is 47.1 Å². The molecule has 0 spiro atoms. The number of carbonyl (C=O) groups is 2. The van der Waals surface area contributed by atoms with Crippen molar-refractivity contribution < 1.29 is 23.8 Å². The topological polar surface area (TPSA) is 111 Å². The van der Waals surface area contributed by atoms with E-state index in [2.05, 4.69) is 4.99 Å². The van der Waals surface area contributed by atoms with Crippen LogP contribution >= 0.6 is 11.3 Å². The number of aromatic carboxylic acids is 1. The third kappa shape index (κ3) is 4.52. The molecule has 4 aromatic rings. The van der Waals surface area contributed by atoms with Crippen molar-refractivity contribution in [3.05, 3.63) is 114 Å². The second-order valence-corrected chi connectivity index (χ2v) is 9.77. The first kappa shape index (κ1) is 25.2. The predicted molar refractivity (Wildman–Crippen MR) is 143 cm³/mol. The Labute approximate surface area is 221 Å². The molecule has 2 aromatic carbocycles. The summed E-state index contributed by atoms with van der Waals surface area (Å²) in [5.74, 6) is -0.809. The summed E-state index contributed by atoms with van der Waals surface area (Å²) in [6, 6.07) is 16.9. The van der Waals surface area contributed by atoms with E-state index in [1.807, 2.05) is 31.2 Å². The maximum atomic E-state index is 13.7. The van der Waals surface area contributed by atoms with Gasteiger partial charge in [0.05, 0.1) is 34.0 Å². The molecule has 192 valence electrons. The van der Waals surface area contributed by atoms with Crippen LogP contribution in [-0.4, -0.2) is 28.2 Å². The van der Waals surface area contributed by atoms with E-state index in [0.717, 1.165) is 11.1 Å². The van der Waals surface area contributed by atoms with Crippen LogP contribution in [0.25, 0.3) is 17.4 Å². The Kier molecular flexibility index (Phi) is 6.69. The van der Waals surface area contributed by atoms with Crippen molar-refractivity contribution >= 4 is 29.4 Å². The summed E-state index contributed by atoms with van der Waals surface area (Å²) in [7, 11) is 0. The van der Waals surface area contributed by atoms with Crippen LogP contribution < -0.4 is 14.9 Å². The zero-order valence-corrected chi connectivity index (χ0v) is 21.7. The number of furan rings is 1. The van der Waals surface area contributed by atoms with Gasteiger partial charge in [0.1, 0.15) is 11.5 Å². The molecular weight excluding hydrogens is 504 g/mol. The van der Waals surface area contributed by atoms with Crippen LogP contribution in [0.3, 0.4) is 0 Å². The summed E-state index contributed by atoms with van der Waals surface area (Å²) >= 11 is 1.19. The molecule has 1 aliphatic heterocycles. The monoisotopic (exact) mass is 528 g/mol. The Morgan fingerprint density at radius 2 is 1.84 bits per heavy atom. The molecule has 0 bridgehead atoms. The Balaban J connectivity index is 1.64. The molecule has 2 aromatic heterocycles. The smallest absolute Gasteiger partial charge is 0.338 e. The van der Waals surface area contributed by atoms with Gasteiger partial charge in [0.25, 0.3) is 5.56 Å². The van der Waals surface area contributed by atoms with Gasteiger partial charge < -0.3 is 14.3 Å². The Hall–Kier alpha value is -4.50. The second kappa shape index (κ2) is 10.1. The molecule has 3 heterocycles. The maximum Gasteiger partial charge on any atom is 0.338 e. The van der Waals surface area contributed by atoms with Gasteiger partial charge in [0.2, 0.25) is 0 Å². The predicted octanol–water partition coefficient (Wildman–Crippen LogP) is 4.06. The van der Waals surface area contributed by atoms with Crippen LogP contribution in [0, 0.1) is 6.92 Å². The number of aryl methyl sites for hydroxylation is 1. The van der Waals surface area contributed by atoms with Crippen LogP contribution in [0.5, 0.6) is 0 Å². The normalized spacial score (nSPS) is 15.2. The minimum Gasteiger partial charge on any atom is -0.478 e. The molecule has 0 amide bonds. The number of thiazole rings is 1. The van der Waals surface area contributed by atoms with Crippen molar-refractivity contribution in [3.8, 4) is 11.3 Å². The second-order valence-electron chi connectivity index (χ2n) is 8.77. The summed E-state index contributed by atoms with van der Waals surface area (Å²) in [4.78, 5) is 43.3. The number of hydrogen-bond acceptors (Lipinski definition) is 7. The number of carbonyl (C=O) groups excluding carboxylic acids is 1. The number of carboxylic acid groups (broad SMARTS) is 1. The molecule has 1 aliphatic rings. The number of ether oxygens (including phenoxy) is 1. The Bertz CT molecular complexity index is 1770. The molecule has 38 heavy (non-hydrogen) atoms. The summed E-state index contributed by atoms with van der Waals surface area (Å²) < 4.78 is 13.1. The zero-order chi connectivity index (χ0) is 27.0. The average Bonchev–Trinajstić information content (AvgIpc) is 3.48. The molecule has 1 N–H and O–H groups in total. The van der Waals surface area contributed by atoms with Crippen LogP contribution in [-0.2, 0) is 9.53 Å². The minimum absolute atomic E-state index is 0.118. The number of aromatic nitrogens is 1. The molecule has 5 rings (SSSR count). The summed E-state index contributed by atoms with van der Waals surface area (Å²) in [5.41, 5.74) is 2.87. The van der Waals surface area contributed by atoms with E-state index in [1.165, 1.54) is 22.0 Å². The highest BCUT2D eigenvalue weighted by atomic mass is 32.1. The lowest BCUT2D eigenvalue weighted by atomic mass is 9.95. The SMILES string of the molecule is CCOC(=O)C1=C(C)N=c2s/c(=C\c3ccc(-c4ccccc4C(=O)O)o3)c(=O)n2[C@H]1c1ccc(C)cc1. The molecule has 0 aliphatic carbocycles. The lowest BCUT2D eigenvalue weighted by molar-refractivity contribution is -0.139. The molecule has 8 nitrogen and oxygen atoms in total. The fourth-order valence-electron chi connectivity index (χ4n) is 4.44. The number of hydrogen-bond donors (Lipinski definition) is 1. The molecule has 1 atom stereocenters. The van der Waals surface area contributed by atoms with Crippen molar-refractivity contribution in [2.75, 3.05) is 6.61 Å². The van der Waals surface area contributed by atoms with Crippen molar-refractivity contribution in [1.29, 1.82) is 0 Å². The molecule has 0 fully saturated rings. The van der Waals surface area contributed by atoms with Gasteiger partial charge in [0, 0.05) is 11.6 Å². The molecular formula is C29H24N2O6S. The number of esters is 1. The minimum atomic E-state index is -1.06. The highest BCUT2D eigenvalue weighted by molar-refractivity contribution is 7.07. The number of rotatable bonds is 6. The van der Waals surface area contributed by atoms with Gasteiger partial charge >= 0.3 is 11.9 Å². The third-order valence-electron chi connectivity index (χ3n) is 6.23. The van der Waals surface area contributed by atoms with E-state index >= 15 is 0 Å². The third-order valence-corrected chi connectivity index (χ3v) is 7.22. The lowest BCUT2D eigenvalue weighted by Crippen LogP contribution is -2.39. The molecule has 0 radical (unpaired) electrons. The number of nitrogens with zero attached hydrogens (tertiary/aromatic N) is 2. The first-order valence-corrected chi connectivity index (χ1v) is 12.8.